The number of ketones is 1. The number of carbonyl (C=O) groups is 1. The van der Waals surface area contributed by atoms with E-state index in [1.807, 2.05) is 0 Å². The molecule has 1 aromatic rings. The van der Waals surface area contributed by atoms with Crippen LogP contribution in [0.1, 0.15) is 16.8 Å². The van der Waals surface area contributed by atoms with Crippen LogP contribution in [0, 0.1) is 5.82 Å². The Bertz CT molecular complexity index is 327. The topological polar surface area (TPSA) is 17.1 Å². The van der Waals surface area contributed by atoms with Crippen LogP contribution in [-0.2, 0) is 0 Å². The molecule has 0 bridgehead atoms. The maximum atomic E-state index is 12.9. The van der Waals surface area contributed by atoms with E-state index in [1.165, 1.54) is 18.2 Å². The lowest BCUT2D eigenvalue weighted by atomic mass is 10.1. The Morgan fingerprint density at radius 1 is 1.54 bits per heavy atom. The molecule has 1 nitrogen and oxygen atoms in total. The number of carbonyl (C=O) groups excluding carboxylic acids is 1. The number of rotatable bonds is 3. The Morgan fingerprint density at radius 2 is 2.23 bits per heavy atom. The molecule has 1 aromatic carbocycles. The van der Waals surface area contributed by atoms with Crippen LogP contribution in [0.5, 0.6) is 0 Å². The molecular weight excluding hydrogens is 258 g/mol. The van der Waals surface area contributed by atoms with Crippen LogP contribution < -0.4 is 0 Å². The summed E-state index contributed by atoms with van der Waals surface area (Å²) in [7, 11) is 0. The van der Waals surface area contributed by atoms with Gasteiger partial charge in [0.15, 0.2) is 5.78 Å². The SMILES string of the molecule is O=C(CCBr)c1cccc(F)c1Cl. The predicted molar refractivity (Wildman–Crippen MR) is 54.2 cm³/mol. The van der Waals surface area contributed by atoms with Gasteiger partial charge in [0.1, 0.15) is 5.82 Å². The minimum Gasteiger partial charge on any atom is -0.294 e. The van der Waals surface area contributed by atoms with Crippen LogP contribution >= 0.6 is 27.5 Å². The Labute approximate surface area is 89.0 Å². The molecule has 0 aliphatic heterocycles. The molecule has 0 fully saturated rings. The third-order valence-corrected chi connectivity index (χ3v) is 2.35. The Balaban J connectivity index is 3.01. The third kappa shape index (κ3) is 2.51. The van der Waals surface area contributed by atoms with Gasteiger partial charge in [-0.05, 0) is 12.1 Å². The first kappa shape index (κ1) is 10.7. The number of alkyl halides is 1. The third-order valence-electron chi connectivity index (χ3n) is 1.57. The van der Waals surface area contributed by atoms with Crippen molar-refractivity contribution in [1.29, 1.82) is 0 Å². The van der Waals surface area contributed by atoms with Gasteiger partial charge in [-0.25, -0.2) is 4.39 Å². The van der Waals surface area contributed by atoms with Crippen LogP contribution in [0.2, 0.25) is 5.02 Å². The number of halogens is 3. The lowest BCUT2D eigenvalue weighted by Crippen LogP contribution is -2.01. The van der Waals surface area contributed by atoms with E-state index in [-0.39, 0.29) is 16.4 Å². The van der Waals surface area contributed by atoms with Gasteiger partial charge >= 0.3 is 0 Å². The molecule has 0 saturated heterocycles. The number of benzene rings is 1. The minimum absolute atomic E-state index is 0.0894. The fraction of sp³-hybridized carbons (Fsp3) is 0.222. The molecule has 0 radical (unpaired) electrons. The van der Waals surface area contributed by atoms with Crippen molar-refractivity contribution in [1.82, 2.24) is 0 Å². The molecule has 13 heavy (non-hydrogen) atoms. The molecule has 0 aliphatic rings. The predicted octanol–water partition coefficient (Wildman–Crippen LogP) is 3.45. The number of hydrogen-bond acceptors (Lipinski definition) is 1. The molecule has 0 atom stereocenters. The Hall–Kier alpha value is -0.410. The van der Waals surface area contributed by atoms with Gasteiger partial charge in [-0.1, -0.05) is 33.6 Å². The first-order valence-corrected chi connectivity index (χ1v) is 5.20. The highest BCUT2D eigenvalue weighted by molar-refractivity contribution is 9.09. The van der Waals surface area contributed by atoms with Crippen LogP contribution in [0.15, 0.2) is 18.2 Å². The molecule has 0 spiro atoms. The second-order valence-electron chi connectivity index (χ2n) is 2.46. The zero-order valence-electron chi connectivity index (χ0n) is 6.69. The maximum absolute atomic E-state index is 12.9. The lowest BCUT2D eigenvalue weighted by molar-refractivity contribution is 0.0989. The van der Waals surface area contributed by atoms with E-state index in [0.717, 1.165) is 0 Å². The van der Waals surface area contributed by atoms with Gasteiger partial charge in [-0.15, -0.1) is 0 Å². The molecular formula is C9H7BrClFO. The summed E-state index contributed by atoms with van der Waals surface area (Å²) < 4.78 is 12.9. The van der Waals surface area contributed by atoms with Crippen LogP contribution in [0.4, 0.5) is 4.39 Å². The summed E-state index contributed by atoms with van der Waals surface area (Å²) >= 11 is 8.75. The van der Waals surface area contributed by atoms with Crippen molar-refractivity contribution >= 4 is 33.3 Å². The van der Waals surface area contributed by atoms with Crippen molar-refractivity contribution in [2.45, 2.75) is 6.42 Å². The van der Waals surface area contributed by atoms with E-state index >= 15 is 0 Å². The summed E-state index contributed by atoms with van der Waals surface area (Å²) in [5, 5.41) is 0.465. The van der Waals surface area contributed by atoms with Gasteiger partial charge in [-0.3, -0.25) is 4.79 Å². The van der Waals surface area contributed by atoms with E-state index in [1.54, 1.807) is 0 Å². The summed E-state index contributed by atoms with van der Waals surface area (Å²) in [6.07, 6.45) is 0.323. The summed E-state index contributed by atoms with van der Waals surface area (Å²) in [6.45, 7) is 0. The standard InChI is InChI=1S/C9H7BrClFO/c10-5-4-8(13)6-2-1-3-7(12)9(6)11/h1-3H,4-5H2. The summed E-state index contributed by atoms with van der Waals surface area (Å²) in [4.78, 5) is 11.3. The summed E-state index contributed by atoms with van der Waals surface area (Å²) in [5.41, 5.74) is 0.251. The van der Waals surface area contributed by atoms with Gasteiger partial charge in [-0.2, -0.15) is 0 Å². The molecule has 0 unspecified atom stereocenters. The molecule has 0 saturated carbocycles. The lowest BCUT2D eigenvalue weighted by Gasteiger charge is -2.01. The van der Waals surface area contributed by atoms with Crippen molar-refractivity contribution < 1.29 is 9.18 Å². The number of hydrogen-bond donors (Lipinski definition) is 0. The first-order valence-electron chi connectivity index (χ1n) is 3.70. The zero-order valence-corrected chi connectivity index (χ0v) is 9.03. The van der Waals surface area contributed by atoms with E-state index in [2.05, 4.69) is 15.9 Å². The van der Waals surface area contributed by atoms with Crippen LogP contribution in [-0.4, -0.2) is 11.1 Å². The van der Waals surface area contributed by atoms with E-state index in [4.69, 9.17) is 11.6 Å². The summed E-state index contributed by atoms with van der Waals surface area (Å²) in [6, 6.07) is 4.23. The van der Waals surface area contributed by atoms with Crippen LogP contribution in [0.25, 0.3) is 0 Å². The molecule has 4 heteroatoms. The summed E-state index contributed by atoms with van der Waals surface area (Å²) in [5.74, 6) is -0.705. The van der Waals surface area contributed by atoms with Gasteiger partial charge < -0.3 is 0 Å². The van der Waals surface area contributed by atoms with Gasteiger partial charge in [0.05, 0.1) is 5.02 Å². The molecule has 70 valence electrons. The van der Waals surface area contributed by atoms with Gasteiger partial charge in [0.25, 0.3) is 0 Å². The number of Topliss-reactive ketones (excluding diaryl/α,β-unsaturated/α-hetero) is 1. The van der Waals surface area contributed by atoms with Gasteiger partial charge in [0, 0.05) is 17.3 Å². The molecule has 0 amide bonds. The molecule has 0 aliphatic carbocycles. The minimum atomic E-state index is -0.554. The van der Waals surface area contributed by atoms with E-state index in [0.29, 0.717) is 11.8 Å². The van der Waals surface area contributed by atoms with Crippen molar-refractivity contribution in [2.75, 3.05) is 5.33 Å². The Kier molecular flexibility index (Phi) is 3.88. The highest BCUT2D eigenvalue weighted by atomic mass is 79.9. The normalized spacial score (nSPS) is 10.1. The molecule has 0 N–H and O–H groups in total. The fourth-order valence-corrected chi connectivity index (χ4v) is 1.53. The quantitative estimate of drug-likeness (QED) is 0.604. The van der Waals surface area contributed by atoms with Crippen LogP contribution in [0.3, 0.4) is 0 Å². The average molecular weight is 266 g/mol. The molecule has 1 rings (SSSR count). The highest BCUT2D eigenvalue weighted by Crippen LogP contribution is 2.20. The van der Waals surface area contributed by atoms with Crippen molar-refractivity contribution in [3.8, 4) is 0 Å². The monoisotopic (exact) mass is 264 g/mol. The smallest absolute Gasteiger partial charge is 0.165 e. The largest absolute Gasteiger partial charge is 0.294 e. The second kappa shape index (κ2) is 4.72. The molecule has 0 heterocycles. The maximum Gasteiger partial charge on any atom is 0.165 e. The van der Waals surface area contributed by atoms with Crippen molar-refractivity contribution in [2.24, 2.45) is 0 Å². The second-order valence-corrected chi connectivity index (χ2v) is 3.63. The van der Waals surface area contributed by atoms with Gasteiger partial charge in [0.2, 0.25) is 0 Å². The highest BCUT2D eigenvalue weighted by Gasteiger charge is 2.12. The zero-order chi connectivity index (χ0) is 9.84. The Morgan fingerprint density at radius 3 is 2.85 bits per heavy atom. The van der Waals surface area contributed by atoms with E-state index in [9.17, 15) is 9.18 Å². The molecule has 0 aromatic heterocycles. The van der Waals surface area contributed by atoms with Crippen molar-refractivity contribution in [3.63, 3.8) is 0 Å². The van der Waals surface area contributed by atoms with Crippen molar-refractivity contribution in [3.05, 3.63) is 34.6 Å². The first-order chi connectivity index (χ1) is 6.16. The van der Waals surface area contributed by atoms with E-state index < -0.39 is 5.82 Å². The average Bonchev–Trinajstić information content (AvgIpc) is 2.10. The fourth-order valence-electron chi connectivity index (χ4n) is 0.940.